The molecular weight excluding hydrogens is 314 g/mol. The molecule has 0 aromatic heterocycles. The van der Waals surface area contributed by atoms with E-state index in [0.717, 1.165) is 13.0 Å². The summed E-state index contributed by atoms with van der Waals surface area (Å²) in [7, 11) is 0. The quantitative estimate of drug-likeness (QED) is 0.750. The van der Waals surface area contributed by atoms with Crippen LogP contribution in [-0.2, 0) is 9.53 Å². The van der Waals surface area contributed by atoms with E-state index in [4.69, 9.17) is 19.3 Å². The highest BCUT2D eigenvalue weighted by Crippen LogP contribution is 2.29. The van der Waals surface area contributed by atoms with Crippen molar-refractivity contribution in [3.63, 3.8) is 0 Å². The lowest BCUT2D eigenvalue weighted by atomic mass is 9.90. The topological polar surface area (TPSA) is 94.1 Å². The Kier molecular flexibility index (Phi) is 6.03. The molecule has 1 amide bonds. The number of carbonyl (C=O) groups excluding carboxylic acids is 1. The fourth-order valence-corrected chi connectivity index (χ4v) is 2.42. The van der Waals surface area contributed by atoms with Crippen molar-refractivity contribution in [2.45, 2.75) is 20.3 Å². The molecule has 1 aliphatic heterocycles. The zero-order chi connectivity index (χ0) is 17.6. The van der Waals surface area contributed by atoms with E-state index < -0.39 is 12.6 Å². The van der Waals surface area contributed by atoms with Gasteiger partial charge in [-0.15, -0.1) is 0 Å². The maximum absolute atomic E-state index is 12.3. The number of benzene rings is 1. The number of amides is 1. The molecule has 2 N–H and O–H groups in total. The second kappa shape index (κ2) is 8.01. The summed E-state index contributed by atoms with van der Waals surface area (Å²) in [5.41, 5.74) is 0.395. The molecule has 2 rings (SSSR count). The van der Waals surface area contributed by atoms with Crippen molar-refractivity contribution < 1.29 is 28.9 Å². The van der Waals surface area contributed by atoms with Crippen molar-refractivity contribution in [1.29, 1.82) is 0 Å². The zero-order valence-corrected chi connectivity index (χ0v) is 14.0. The second-order valence-electron chi connectivity index (χ2n) is 6.07. The molecule has 1 aromatic rings. The number of rotatable bonds is 8. The highest BCUT2D eigenvalue weighted by molar-refractivity contribution is 5.94. The van der Waals surface area contributed by atoms with Crippen LogP contribution in [0, 0.1) is 5.41 Å². The Morgan fingerprint density at radius 2 is 2.12 bits per heavy atom. The molecule has 24 heavy (non-hydrogen) atoms. The largest absolute Gasteiger partial charge is 0.490 e. The van der Waals surface area contributed by atoms with Gasteiger partial charge in [0.15, 0.2) is 18.1 Å². The summed E-state index contributed by atoms with van der Waals surface area (Å²) in [5, 5.41) is 11.6. The Balaban J connectivity index is 2.04. The molecule has 1 unspecified atom stereocenters. The van der Waals surface area contributed by atoms with Gasteiger partial charge in [0.25, 0.3) is 5.91 Å². The van der Waals surface area contributed by atoms with E-state index in [-0.39, 0.29) is 11.3 Å². The minimum Gasteiger partial charge on any atom is -0.490 e. The van der Waals surface area contributed by atoms with Gasteiger partial charge < -0.3 is 24.6 Å². The van der Waals surface area contributed by atoms with Gasteiger partial charge in [0, 0.05) is 24.1 Å². The van der Waals surface area contributed by atoms with E-state index in [9.17, 15) is 9.59 Å². The first kappa shape index (κ1) is 18.1. The monoisotopic (exact) mass is 337 g/mol. The number of ether oxygens (including phenoxy) is 3. The standard InChI is InChI=1S/C17H23NO6/c1-3-23-14-8-12(4-5-13(14)24-9-15(19)20)16(21)18-10-17(2)6-7-22-11-17/h4-5,8H,3,6-7,9-11H2,1-2H3,(H,18,21)(H,19,20). The molecule has 1 aliphatic rings. The van der Waals surface area contributed by atoms with Crippen LogP contribution in [0.2, 0.25) is 0 Å². The van der Waals surface area contributed by atoms with Crippen LogP contribution in [0.15, 0.2) is 18.2 Å². The first-order valence-corrected chi connectivity index (χ1v) is 7.91. The van der Waals surface area contributed by atoms with Crippen LogP contribution in [0.1, 0.15) is 30.6 Å². The Morgan fingerprint density at radius 1 is 1.33 bits per heavy atom. The first-order valence-electron chi connectivity index (χ1n) is 7.91. The fraction of sp³-hybridized carbons (Fsp3) is 0.529. The van der Waals surface area contributed by atoms with E-state index in [1.54, 1.807) is 25.1 Å². The van der Waals surface area contributed by atoms with Gasteiger partial charge in [-0.2, -0.15) is 0 Å². The minimum atomic E-state index is -1.08. The molecular formula is C17H23NO6. The third-order valence-corrected chi connectivity index (χ3v) is 3.83. The molecule has 1 saturated heterocycles. The smallest absolute Gasteiger partial charge is 0.341 e. The molecule has 1 heterocycles. The predicted octanol–water partition coefficient (Wildman–Crippen LogP) is 1.71. The summed E-state index contributed by atoms with van der Waals surface area (Å²) in [5.74, 6) is -0.645. The van der Waals surface area contributed by atoms with Crippen molar-refractivity contribution in [3.05, 3.63) is 23.8 Å². The van der Waals surface area contributed by atoms with Gasteiger partial charge in [-0.25, -0.2) is 4.79 Å². The Hall–Kier alpha value is -2.28. The van der Waals surface area contributed by atoms with Gasteiger partial charge in [0.2, 0.25) is 0 Å². The van der Waals surface area contributed by atoms with E-state index >= 15 is 0 Å². The molecule has 7 heteroatoms. The van der Waals surface area contributed by atoms with Gasteiger partial charge in [-0.1, -0.05) is 6.92 Å². The summed E-state index contributed by atoms with van der Waals surface area (Å²) in [6.07, 6.45) is 0.916. The van der Waals surface area contributed by atoms with Crippen LogP contribution in [0.5, 0.6) is 11.5 Å². The van der Waals surface area contributed by atoms with Crippen molar-refractivity contribution in [3.8, 4) is 11.5 Å². The van der Waals surface area contributed by atoms with Crippen LogP contribution in [0.25, 0.3) is 0 Å². The average Bonchev–Trinajstić information content (AvgIpc) is 2.98. The molecule has 1 aromatic carbocycles. The molecule has 0 aliphatic carbocycles. The lowest BCUT2D eigenvalue weighted by Gasteiger charge is -2.22. The first-order chi connectivity index (χ1) is 11.4. The Bertz CT molecular complexity index is 595. The number of carboxylic acids is 1. The number of nitrogens with one attached hydrogen (secondary N) is 1. The summed E-state index contributed by atoms with van der Waals surface area (Å²) >= 11 is 0. The minimum absolute atomic E-state index is 0.0387. The summed E-state index contributed by atoms with van der Waals surface area (Å²) in [4.78, 5) is 23.0. The summed E-state index contributed by atoms with van der Waals surface area (Å²) in [6.45, 7) is 5.68. The SMILES string of the molecule is CCOc1cc(C(=O)NCC2(C)CCOC2)ccc1OCC(=O)O. The highest BCUT2D eigenvalue weighted by atomic mass is 16.5. The molecule has 0 spiro atoms. The maximum atomic E-state index is 12.3. The third-order valence-electron chi connectivity index (χ3n) is 3.83. The zero-order valence-electron chi connectivity index (χ0n) is 14.0. The molecule has 1 fully saturated rings. The van der Waals surface area contributed by atoms with Gasteiger partial charge in [0.1, 0.15) is 0 Å². The molecule has 7 nitrogen and oxygen atoms in total. The van der Waals surface area contributed by atoms with Crippen molar-refractivity contribution in [2.24, 2.45) is 5.41 Å². The van der Waals surface area contributed by atoms with Crippen LogP contribution >= 0.6 is 0 Å². The molecule has 1 atom stereocenters. The van der Waals surface area contributed by atoms with E-state index in [1.807, 2.05) is 0 Å². The lowest BCUT2D eigenvalue weighted by Crippen LogP contribution is -2.36. The summed E-state index contributed by atoms with van der Waals surface area (Å²) < 4.78 is 16.0. The molecule has 0 radical (unpaired) electrons. The Labute approximate surface area is 140 Å². The summed E-state index contributed by atoms with van der Waals surface area (Å²) in [6, 6.07) is 4.69. The van der Waals surface area contributed by atoms with Crippen LogP contribution in [0.4, 0.5) is 0 Å². The van der Waals surface area contributed by atoms with Gasteiger partial charge in [-0.05, 0) is 31.5 Å². The molecule has 0 bridgehead atoms. The van der Waals surface area contributed by atoms with E-state index in [1.165, 1.54) is 0 Å². The number of hydrogen-bond acceptors (Lipinski definition) is 5. The van der Waals surface area contributed by atoms with Crippen molar-refractivity contribution in [1.82, 2.24) is 5.32 Å². The lowest BCUT2D eigenvalue weighted by molar-refractivity contribution is -0.139. The van der Waals surface area contributed by atoms with Crippen LogP contribution < -0.4 is 14.8 Å². The van der Waals surface area contributed by atoms with Gasteiger partial charge >= 0.3 is 5.97 Å². The number of aliphatic carboxylic acids is 1. The van der Waals surface area contributed by atoms with Gasteiger partial charge in [-0.3, -0.25) is 4.79 Å². The number of carbonyl (C=O) groups is 2. The normalized spacial score (nSPS) is 19.8. The third kappa shape index (κ3) is 4.86. The molecule has 0 saturated carbocycles. The average molecular weight is 337 g/mol. The second-order valence-corrected chi connectivity index (χ2v) is 6.07. The van der Waals surface area contributed by atoms with Gasteiger partial charge in [0.05, 0.1) is 13.2 Å². The maximum Gasteiger partial charge on any atom is 0.341 e. The van der Waals surface area contributed by atoms with E-state index in [2.05, 4.69) is 12.2 Å². The predicted molar refractivity (Wildman–Crippen MR) is 86.6 cm³/mol. The Morgan fingerprint density at radius 3 is 2.75 bits per heavy atom. The van der Waals surface area contributed by atoms with Crippen LogP contribution in [-0.4, -0.2) is 50.0 Å². The van der Waals surface area contributed by atoms with E-state index in [0.29, 0.717) is 36.8 Å². The van der Waals surface area contributed by atoms with Crippen molar-refractivity contribution >= 4 is 11.9 Å². The fourth-order valence-electron chi connectivity index (χ4n) is 2.42. The number of hydrogen-bond donors (Lipinski definition) is 2. The number of carboxylic acid groups (broad SMARTS) is 1. The van der Waals surface area contributed by atoms with Crippen molar-refractivity contribution in [2.75, 3.05) is 33.0 Å². The molecule has 132 valence electrons. The highest BCUT2D eigenvalue weighted by Gasteiger charge is 2.30. The van der Waals surface area contributed by atoms with Crippen LogP contribution in [0.3, 0.4) is 0 Å².